The van der Waals surface area contributed by atoms with Gasteiger partial charge in [-0.25, -0.2) is 0 Å². The second kappa shape index (κ2) is 3.33. The van der Waals surface area contributed by atoms with E-state index >= 15 is 0 Å². The normalized spacial score (nSPS) is 17.8. The molecule has 1 saturated carbocycles. The first kappa shape index (κ1) is 10.1. The molecule has 3 heteroatoms. The number of hydrogen-bond donors (Lipinski definition) is 1. The Morgan fingerprint density at radius 2 is 2.13 bits per heavy atom. The van der Waals surface area contributed by atoms with Gasteiger partial charge in [0.25, 0.3) is 0 Å². The highest BCUT2D eigenvalue weighted by atomic mass is 16.4. The van der Waals surface area contributed by atoms with Gasteiger partial charge in [-0.05, 0) is 30.9 Å². The summed E-state index contributed by atoms with van der Waals surface area (Å²) in [6, 6.07) is 5.68. The van der Waals surface area contributed by atoms with Crippen LogP contribution in [0.4, 0.5) is 0 Å². The summed E-state index contributed by atoms with van der Waals surface area (Å²) in [5, 5.41) is 9.15. The SMILES string of the molecule is CC(C)c1cccc(C2(C(=O)O)CC2)n1. The molecule has 1 fully saturated rings. The van der Waals surface area contributed by atoms with Gasteiger partial charge in [0.1, 0.15) is 5.41 Å². The van der Waals surface area contributed by atoms with E-state index in [-0.39, 0.29) is 0 Å². The van der Waals surface area contributed by atoms with E-state index in [0.717, 1.165) is 24.2 Å². The van der Waals surface area contributed by atoms with Gasteiger partial charge in [-0.2, -0.15) is 0 Å². The average molecular weight is 205 g/mol. The summed E-state index contributed by atoms with van der Waals surface area (Å²) in [7, 11) is 0. The van der Waals surface area contributed by atoms with E-state index in [4.69, 9.17) is 5.11 Å². The highest BCUT2D eigenvalue weighted by molar-refractivity contribution is 5.84. The third kappa shape index (κ3) is 1.62. The van der Waals surface area contributed by atoms with Crippen molar-refractivity contribution in [3.05, 3.63) is 29.6 Å². The van der Waals surface area contributed by atoms with Crippen LogP contribution in [0.1, 0.15) is 44.0 Å². The van der Waals surface area contributed by atoms with Crippen LogP contribution in [0, 0.1) is 0 Å². The number of aromatic nitrogens is 1. The Morgan fingerprint density at radius 3 is 2.60 bits per heavy atom. The Bertz CT molecular complexity index is 394. The molecule has 0 bridgehead atoms. The van der Waals surface area contributed by atoms with Gasteiger partial charge < -0.3 is 5.11 Å². The van der Waals surface area contributed by atoms with Crippen LogP contribution in [0.5, 0.6) is 0 Å². The van der Waals surface area contributed by atoms with Gasteiger partial charge in [-0.15, -0.1) is 0 Å². The van der Waals surface area contributed by atoms with Gasteiger partial charge in [0.15, 0.2) is 0 Å². The van der Waals surface area contributed by atoms with Gasteiger partial charge in [0.05, 0.1) is 5.69 Å². The van der Waals surface area contributed by atoms with Crippen molar-refractivity contribution in [1.82, 2.24) is 4.98 Å². The molecule has 15 heavy (non-hydrogen) atoms. The first-order chi connectivity index (χ1) is 7.06. The Morgan fingerprint density at radius 1 is 1.47 bits per heavy atom. The largest absolute Gasteiger partial charge is 0.481 e. The minimum atomic E-state index is -0.740. The lowest BCUT2D eigenvalue weighted by Gasteiger charge is -2.11. The summed E-state index contributed by atoms with van der Waals surface area (Å²) in [6.45, 7) is 4.12. The number of carbonyl (C=O) groups is 1. The summed E-state index contributed by atoms with van der Waals surface area (Å²) < 4.78 is 0. The summed E-state index contributed by atoms with van der Waals surface area (Å²) in [5.41, 5.74) is 1.02. The second-order valence-corrected chi connectivity index (χ2v) is 4.49. The van der Waals surface area contributed by atoms with Crippen molar-refractivity contribution in [3.63, 3.8) is 0 Å². The second-order valence-electron chi connectivity index (χ2n) is 4.49. The highest BCUT2D eigenvalue weighted by Crippen LogP contribution is 2.47. The number of rotatable bonds is 3. The molecule has 1 heterocycles. The minimum Gasteiger partial charge on any atom is -0.481 e. The van der Waals surface area contributed by atoms with E-state index in [1.165, 1.54) is 0 Å². The number of nitrogens with zero attached hydrogens (tertiary/aromatic N) is 1. The van der Waals surface area contributed by atoms with Crippen LogP contribution >= 0.6 is 0 Å². The third-order valence-electron chi connectivity index (χ3n) is 3.01. The maximum absolute atomic E-state index is 11.1. The molecule has 0 aliphatic heterocycles. The zero-order chi connectivity index (χ0) is 11.1. The van der Waals surface area contributed by atoms with Crippen molar-refractivity contribution in [2.24, 2.45) is 0 Å². The standard InChI is InChI=1S/C12H15NO2/c1-8(2)9-4-3-5-10(13-9)12(6-7-12)11(14)15/h3-5,8H,6-7H2,1-2H3,(H,14,15). The van der Waals surface area contributed by atoms with E-state index in [2.05, 4.69) is 18.8 Å². The first-order valence-corrected chi connectivity index (χ1v) is 5.27. The summed E-state index contributed by atoms with van der Waals surface area (Å²) >= 11 is 0. The molecular formula is C12H15NO2. The summed E-state index contributed by atoms with van der Waals surface area (Å²) in [6.07, 6.45) is 1.44. The first-order valence-electron chi connectivity index (χ1n) is 5.27. The van der Waals surface area contributed by atoms with Crippen molar-refractivity contribution in [2.75, 3.05) is 0 Å². The van der Waals surface area contributed by atoms with E-state index < -0.39 is 11.4 Å². The molecule has 1 aromatic heterocycles. The lowest BCUT2D eigenvalue weighted by Crippen LogP contribution is -2.21. The summed E-state index contributed by atoms with van der Waals surface area (Å²) in [4.78, 5) is 15.6. The molecule has 1 aliphatic rings. The van der Waals surface area contributed by atoms with E-state index in [0.29, 0.717) is 5.92 Å². The lowest BCUT2D eigenvalue weighted by molar-refractivity contribution is -0.140. The molecule has 1 aliphatic carbocycles. The van der Waals surface area contributed by atoms with Crippen LogP contribution in [-0.2, 0) is 10.2 Å². The van der Waals surface area contributed by atoms with Crippen LogP contribution in [0.2, 0.25) is 0 Å². The number of hydrogen-bond acceptors (Lipinski definition) is 2. The molecule has 0 amide bonds. The van der Waals surface area contributed by atoms with Gasteiger partial charge >= 0.3 is 5.97 Å². The molecule has 0 aromatic carbocycles. The zero-order valence-electron chi connectivity index (χ0n) is 9.03. The van der Waals surface area contributed by atoms with Gasteiger partial charge in [0, 0.05) is 5.69 Å². The zero-order valence-corrected chi connectivity index (χ0v) is 9.03. The topological polar surface area (TPSA) is 50.2 Å². The Balaban J connectivity index is 2.37. The van der Waals surface area contributed by atoms with E-state index in [9.17, 15) is 4.79 Å². The minimum absolute atomic E-state index is 0.342. The van der Waals surface area contributed by atoms with Crippen molar-refractivity contribution in [3.8, 4) is 0 Å². The van der Waals surface area contributed by atoms with Crippen molar-refractivity contribution < 1.29 is 9.90 Å². The summed E-state index contributed by atoms with van der Waals surface area (Å²) in [5.74, 6) is -0.398. The van der Waals surface area contributed by atoms with Crippen LogP contribution < -0.4 is 0 Å². The maximum atomic E-state index is 11.1. The van der Waals surface area contributed by atoms with Crippen molar-refractivity contribution in [1.29, 1.82) is 0 Å². The van der Waals surface area contributed by atoms with Crippen LogP contribution in [0.25, 0.3) is 0 Å². The van der Waals surface area contributed by atoms with E-state index in [1.807, 2.05) is 18.2 Å². The smallest absolute Gasteiger partial charge is 0.315 e. The fourth-order valence-electron chi connectivity index (χ4n) is 1.74. The monoisotopic (exact) mass is 205 g/mol. The van der Waals surface area contributed by atoms with E-state index in [1.54, 1.807) is 0 Å². The molecule has 80 valence electrons. The Labute approximate surface area is 89.2 Å². The Hall–Kier alpha value is -1.38. The van der Waals surface area contributed by atoms with Crippen LogP contribution in [0.3, 0.4) is 0 Å². The fourth-order valence-corrected chi connectivity index (χ4v) is 1.74. The lowest BCUT2D eigenvalue weighted by atomic mass is 10.0. The fraction of sp³-hybridized carbons (Fsp3) is 0.500. The number of carboxylic acids is 1. The van der Waals surface area contributed by atoms with Crippen LogP contribution in [0.15, 0.2) is 18.2 Å². The number of aliphatic carboxylic acids is 1. The molecule has 0 saturated heterocycles. The van der Waals surface area contributed by atoms with Gasteiger partial charge in [0.2, 0.25) is 0 Å². The number of carboxylic acid groups (broad SMARTS) is 1. The van der Waals surface area contributed by atoms with Crippen LogP contribution in [-0.4, -0.2) is 16.1 Å². The third-order valence-corrected chi connectivity index (χ3v) is 3.01. The molecule has 2 rings (SSSR count). The van der Waals surface area contributed by atoms with Crippen molar-refractivity contribution >= 4 is 5.97 Å². The predicted molar refractivity (Wildman–Crippen MR) is 56.9 cm³/mol. The molecule has 0 radical (unpaired) electrons. The maximum Gasteiger partial charge on any atom is 0.315 e. The average Bonchev–Trinajstić information content (AvgIpc) is 2.98. The molecule has 0 spiro atoms. The molecular weight excluding hydrogens is 190 g/mol. The molecule has 3 nitrogen and oxygen atoms in total. The molecule has 1 N–H and O–H groups in total. The highest BCUT2D eigenvalue weighted by Gasteiger charge is 2.53. The predicted octanol–water partition coefficient (Wildman–Crippen LogP) is 2.32. The quantitative estimate of drug-likeness (QED) is 0.823. The molecule has 0 atom stereocenters. The molecule has 1 aromatic rings. The van der Waals surface area contributed by atoms with Crippen molar-refractivity contribution in [2.45, 2.75) is 38.0 Å². The Kier molecular flexibility index (Phi) is 2.25. The van der Waals surface area contributed by atoms with Gasteiger partial charge in [-0.1, -0.05) is 19.9 Å². The number of pyridine rings is 1. The van der Waals surface area contributed by atoms with Gasteiger partial charge in [-0.3, -0.25) is 9.78 Å². The molecule has 0 unspecified atom stereocenters.